The molecule has 0 saturated carbocycles. The summed E-state index contributed by atoms with van der Waals surface area (Å²) in [7, 11) is 0. The molecule has 0 aromatic carbocycles. The summed E-state index contributed by atoms with van der Waals surface area (Å²) in [6.45, 7) is 0. The predicted octanol–water partition coefficient (Wildman–Crippen LogP) is 1.83. The van der Waals surface area contributed by atoms with Crippen LogP contribution in [-0.2, 0) is 0 Å². The Kier molecular flexibility index (Phi) is 2.78. The van der Waals surface area contributed by atoms with Gasteiger partial charge in [0.2, 0.25) is 0 Å². The van der Waals surface area contributed by atoms with E-state index in [0.29, 0.717) is 0 Å². The van der Waals surface area contributed by atoms with Gasteiger partial charge in [0.15, 0.2) is 5.78 Å². The van der Waals surface area contributed by atoms with Gasteiger partial charge in [0, 0.05) is 0 Å². The zero-order valence-corrected chi connectivity index (χ0v) is 6.88. The summed E-state index contributed by atoms with van der Waals surface area (Å²) in [5, 5.41) is 8.50. The number of Topliss-reactive ketones (excluding diaryl/α,β-unsaturated/α-hetero) is 1. The average Bonchev–Trinajstić information content (AvgIpc) is 2.05. The predicted molar refractivity (Wildman–Crippen MR) is 43.8 cm³/mol. The summed E-state index contributed by atoms with van der Waals surface area (Å²) in [5.74, 6) is -0.306. The fourth-order valence-corrected chi connectivity index (χ4v) is 0.890. The van der Waals surface area contributed by atoms with Gasteiger partial charge in [0.25, 0.3) is 0 Å². The number of ketones is 1. The van der Waals surface area contributed by atoms with Crippen molar-refractivity contribution < 1.29 is 4.79 Å². The van der Waals surface area contributed by atoms with Crippen LogP contribution in [-0.4, -0.2) is 10.8 Å². The minimum Gasteiger partial charge on any atom is -0.291 e. The third-order valence-corrected chi connectivity index (χ3v) is 1.45. The van der Waals surface area contributed by atoms with E-state index in [1.807, 2.05) is 0 Å². The smallest absolute Gasteiger partial charge is 0.195 e. The van der Waals surface area contributed by atoms with Crippen molar-refractivity contribution in [2.24, 2.45) is 0 Å². The molecule has 4 heteroatoms. The van der Waals surface area contributed by atoms with Crippen LogP contribution < -0.4 is 0 Å². The van der Waals surface area contributed by atoms with Gasteiger partial charge in [-0.25, -0.2) is 4.98 Å². The number of nitrogens with zero attached hydrogens (tertiary/aromatic N) is 2. The van der Waals surface area contributed by atoms with E-state index in [9.17, 15) is 4.79 Å². The molecule has 1 heterocycles. The van der Waals surface area contributed by atoms with Crippen LogP contribution in [0.15, 0.2) is 18.2 Å². The Bertz CT molecular complexity index is 343. The molecule has 3 nitrogen and oxygen atoms in total. The van der Waals surface area contributed by atoms with Crippen molar-refractivity contribution in [1.29, 1.82) is 5.26 Å². The molecule has 1 aromatic heterocycles. The quantitative estimate of drug-likeness (QED) is 0.516. The second-order valence-corrected chi connectivity index (χ2v) is 2.49. The maximum Gasteiger partial charge on any atom is 0.195 e. The van der Waals surface area contributed by atoms with Crippen LogP contribution in [0.25, 0.3) is 0 Å². The van der Waals surface area contributed by atoms with Gasteiger partial charge in [0.1, 0.15) is 17.3 Å². The lowest BCUT2D eigenvalue weighted by molar-refractivity contribution is 0.0993. The molecule has 0 radical (unpaired) electrons. The molecule has 0 unspecified atom stereocenters. The van der Waals surface area contributed by atoms with Crippen LogP contribution in [0.3, 0.4) is 0 Å². The molecule has 0 aliphatic heterocycles. The lowest BCUT2D eigenvalue weighted by atomic mass is 10.2. The standard InChI is InChI=1S/C8H5ClN2O/c9-8-3-1-2-6(11-8)7(12)4-5-10/h1-3H,4H2. The fourth-order valence-electron chi connectivity index (χ4n) is 0.726. The van der Waals surface area contributed by atoms with Crippen LogP contribution in [0.4, 0.5) is 0 Å². The highest BCUT2D eigenvalue weighted by Gasteiger charge is 2.05. The molecule has 0 fully saturated rings. The van der Waals surface area contributed by atoms with Gasteiger partial charge in [-0.15, -0.1) is 0 Å². The van der Waals surface area contributed by atoms with Gasteiger partial charge in [-0.2, -0.15) is 5.26 Å². The van der Waals surface area contributed by atoms with Crippen LogP contribution in [0.2, 0.25) is 5.15 Å². The van der Waals surface area contributed by atoms with Crippen LogP contribution in [0, 0.1) is 11.3 Å². The van der Waals surface area contributed by atoms with Crippen molar-refractivity contribution in [3.63, 3.8) is 0 Å². The fraction of sp³-hybridized carbons (Fsp3) is 0.125. The molecule has 0 N–H and O–H groups in total. The normalized spacial score (nSPS) is 9.00. The average molecular weight is 181 g/mol. The van der Waals surface area contributed by atoms with E-state index in [4.69, 9.17) is 16.9 Å². The summed E-state index contributed by atoms with van der Waals surface area (Å²) < 4.78 is 0. The van der Waals surface area contributed by atoms with E-state index >= 15 is 0 Å². The van der Waals surface area contributed by atoms with Crippen molar-refractivity contribution in [2.45, 2.75) is 6.42 Å². The maximum atomic E-state index is 11.1. The van der Waals surface area contributed by atoms with Crippen LogP contribution in [0.5, 0.6) is 0 Å². The Morgan fingerprint density at radius 2 is 2.42 bits per heavy atom. The molecular weight excluding hydrogens is 176 g/mol. The molecular formula is C8H5ClN2O. The van der Waals surface area contributed by atoms with Gasteiger partial charge in [-0.1, -0.05) is 17.7 Å². The number of nitriles is 1. The number of halogens is 1. The third kappa shape index (κ3) is 2.04. The Morgan fingerprint density at radius 3 is 3.00 bits per heavy atom. The summed E-state index contributed by atoms with van der Waals surface area (Å²) in [6, 6.07) is 6.49. The topological polar surface area (TPSA) is 53.8 Å². The lowest BCUT2D eigenvalue weighted by Gasteiger charge is -1.94. The van der Waals surface area contributed by atoms with E-state index in [1.54, 1.807) is 18.2 Å². The van der Waals surface area contributed by atoms with Gasteiger partial charge in [0.05, 0.1) is 6.07 Å². The zero-order chi connectivity index (χ0) is 8.97. The molecule has 1 aromatic rings. The van der Waals surface area contributed by atoms with Gasteiger partial charge in [-0.3, -0.25) is 4.79 Å². The zero-order valence-electron chi connectivity index (χ0n) is 6.12. The Morgan fingerprint density at radius 1 is 1.67 bits per heavy atom. The molecule has 12 heavy (non-hydrogen) atoms. The van der Waals surface area contributed by atoms with Crippen molar-refractivity contribution in [1.82, 2.24) is 4.98 Å². The number of hydrogen-bond donors (Lipinski definition) is 0. The van der Waals surface area contributed by atoms with Crippen LogP contribution >= 0.6 is 11.6 Å². The lowest BCUT2D eigenvalue weighted by Crippen LogP contribution is -2.00. The highest BCUT2D eigenvalue weighted by Crippen LogP contribution is 2.06. The minimum atomic E-state index is -0.306. The maximum absolute atomic E-state index is 11.1. The second-order valence-electron chi connectivity index (χ2n) is 2.10. The number of pyridine rings is 1. The summed E-state index contributed by atoms with van der Waals surface area (Å²) in [5.41, 5.74) is 0.240. The number of aromatic nitrogens is 1. The first kappa shape index (κ1) is 8.69. The number of hydrogen-bond acceptors (Lipinski definition) is 3. The van der Waals surface area contributed by atoms with E-state index in [0.717, 1.165) is 0 Å². The summed E-state index contributed by atoms with van der Waals surface area (Å²) in [4.78, 5) is 14.8. The Labute approximate surface area is 74.6 Å². The van der Waals surface area contributed by atoms with Crippen LogP contribution in [0.1, 0.15) is 16.9 Å². The van der Waals surface area contributed by atoms with E-state index in [-0.39, 0.29) is 23.1 Å². The van der Waals surface area contributed by atoms with E-state index < -0.39 is 0 Å². The molecule has 0 bridgehead atoms. The third-order valence-electron chi connectivity index (χ3n) is 1.24. The first-order valence-corrected chi connectivity index (χ1v) is 3.64. The minimum absolute atomic E-state index is 0.159. The SMILES string of the molecule is N#CCC(=O)c1cccc(Cl)n1. The van der Waals surface area contributed by atoms with Gasteiger partial charge >= 0.3 is 0 Å². The van der Waals surface area contributed by atoms with Gasteiger partial charge in [-0.05, 0) is 12.1 Å². The van der Waals surface area contributed by atoms with Crippen molar-refractivity contribution in [2.75, 3.05) is 0 Å². The number of carbonyl (C=O) groups excluding carboxylic acids is 1. The molecule has 0 saturated heterocycles. The molecule has 1 rings (SSSR count). The Hall–Kier alpha value is -1.40. The van der Waals surface area contributed by atoms with Crippen molar-refractivity contribution >= 4 is 17.4 Å². The summed E-state index contributed by atoms with van der Waals surface area (Å²) >= 11 is 5.54. The van der Waals surface area contributed by atoms with Gasteiger partial charge < -0.3 is 0 Å². The van der Waals surface area contributed by atoms with E-state index in [2.05, 4.69) is 4.98 Å². The Balaban J connectivity index is 2.90. The highest BCUT2D eigenvalue weighted by molar-refractivity contribution is 6.29. The number of rotatable bonds is 2. The first-order valence-electron chi connectivity index (χ1n) is 3.27. The number of carbonyl (C=O) groups is 1. The highest BCUT2D eigenvalue weighted by atomic mass is 35.5. The molecule has 0 spiro atoms. The summed E-state index contributed by atoms with van der Waals surface area (Å²) in [6.07, 6.45) is -0.159. The monoisotopic (exact) mass is 180 g/mol. The molecule has 60 valence electrons. The van der Waals surface area contributed by atoms with E-state index in [1.165, 1.54) is 6.07 Å². The van der Waals surface area contributed by atoms with Crippen molar-refractivity contribution in [3.05, 3.63) is 29.0 Å². The molecule has 0 atom stereocenters. The van der Waals surface area contributed by atoms with Crippen molar-refractivity contribution in [3.8, 4) is 6.07 Å². The molecule has 0 aliphatic rings. The first-order chi connectivity index (χ1) is 5.74. The largest absolute Gasteiger partial charge is 0.291 e. The molecule has 0 amide bonds. The second kappa shape index (κ2) is 3.84. The molecule has 0 aliphatic carbocycles.